The van der Waals surface area contributed by atoms with Crippen LogP contribution in [-0.4, -0.2) is 24.4 Å². The van der Waals surface area contributed by atoms with E-state index in [1.807, 2.05) is 0 Å². The average Bonchev–Trinajstić information content (AvgIpc) is 2.90. The van der Waals surface area contributed by atoms with Crippen molar-refractivity contribution >= 4 is 0 Å². The maximum Gasteiger partial charge on any atom is 0.0830 e. The van der Waals surface area contributed by atoms with Crippen molar-refractivity contribution in [3.63, 3.8) is 0 Å². The lowest BCUT2D eigenvalue weighted by Gasteiger charge is -2.45. The van der Waals surface area contributed by atoms with Crippen LogP contribution < -0.4 is 0 Å². The standard InChI is InChI=1S/C17H30O2/c1-10-13-8-12(17(10,2)3)9-14(13)11-5-6-16(19-4)15(18)7-11/h10-16,18H,5-9H2,1-4H3. The molecule has 0 aromatic heterocycles. The molecular weight excluding hydrogens is 236 g/mol. The van der Waals surface area contributed by atoms with Crippen molar-refractivity contribution in [3.8, 4) is 0 Å². The van der Waals surface area contributed by atoms with Crippen molar-refractivity contribution in [2.45, 2.75) is 65.1 Å². The second kappa shape index (κ2) is 4.73. The predicted molar refractivity (Wildman–Crippen MR) is 76.8 cm³/mol. The third kappa shape index (κ3) is 2.06. The molecule has 0 spiro atoms. The quantitative estimate of drug-likeness (QED) is 0.829. The third-order valence-corrected chi connectivity index (χ3v) is 7.23. The van der Waals surface area contributed by atoms with E-state index in [-0.39, 0.29) is 12.2 Å². The van der Waals surface area contributed by atoms with Gasteiger partial charge >= 0.3 is 0 Å². The van der Waals surface area contributed by atoms with Crippen LogP contribution in [0.25, 0.3) is 0 Å². The maximum atomic E-state index is 10.2. The van der Waals surface area contributed by atoms with Gasteiger partial charge in [0.15, 0.2) is 0 Å². The fraction of sp³-hybridized carbons (Fsp3) is 1.00. The van der Waals surface area contributed by atoms with Crippen LogP contribution in [0.4, 0.5) is 0 Å². The van der Waals surface area contributed by atoms with Crippen LogP contribution in [0, 0.1) is 35.0 Å². The van der Waals surface area contributed by atoms with Crippen molar-refractivity contribution in [2.24, 2.45) is 35.0 Å². The topological polar surface area (TPSA) is 29.5 Å². The highest BCUT2D eigenvalue weighted by Crippen LogP contribution is 2.63. The van der Waals surface area contributed by atoms with Gasteiger partial charge in [-0.3, -0.25) is 0 Å². The van der Waals surface area contributed by atoms with Crippen molar-refractivity contribution in [1.29, 1.82) is 0 Å². The van der Waals surface area contributed by atoms with E-state index >= 15 is 0 Å². The van der Waals surface area contributed by atoms with Crippen molar-refractivity contribution in [3.05, 3.63) is 0 Å². The smallest absolute Gasteiger partial charge is 0.0830 e. The molecule has 7 unspecified atom stereocenters. The summed E-state index contributed by atoms with van der Waals surface area (Å²) in [7, 11) is 1.73. The normalized spacial score (nSPS) is 52.6. The monoisotopic (exact) mass is 266 g/mol. The number of hydrogen-bond acceptors (Lipinski definition) is 2. The molecule has 2 heteroatoms. The van der Waals surface area contributed by atoms with Gasteiger partial charge in [-0.05, 0) is 67.1 Å². The Kier molecular flexibility index (Phi) is 3.46. The number of rotatable bonds is 2. The van der Waals surface area contributed by atoms with Crippen molar-refractivity contribution in [2.75, 3.05) is 7.11 Å². The summed E-state index contributed by atoms with van der Waals surface area (Å²) in [5, 5.41) is 10.2. The summed E-state index contributed by atoms with van der Waals surface area (Å²) < 4.78 is 5.38. The van der Waals surface area contributed by atoms with Gasteiger partial charge in [0.05, 0.1) is 12.2 Å². The van der Waals surface area contributed by atoms with Gasteiger partial charge in [-0.1, -0.05) is 20.8 Å². The highest BCUT2D eigenvalue weighted by atomic mass is 16.5. The van der Waals surface area contributed by atoms with Crippen LogP contribution in [0.15, 0.2) is 0 Å². The first kappa shape index (κ1) is 13.9. The number of hydrogen-bond donors (Lipinski definition) is 1. The molecule has 0 heterocycles. The first-order valence-electron chi connectivity index (χ1n) is 8.16. The molecule has 3 aliphatic carbocycles. The molecule has 0 aromatic carbocycles. The summed E-state index contributed by atoms with van der Waals surface area (Å²) in [6.45, 7) is 7.40. The third-order valence-electron chi connectivity index (χ3n) is 7.23. The number of aliphatic hydroxyl groups is 1. The molecule has 7 atom stereocenters. The van der Waals surface area contributed by atoms with Crippen LogP contribution in [0.2, 0.25) is 0 Å². The summed E-state index contributed by atoms with van der Waals surface area (Å²) in [4.78, 5) is 0. The van der Waals surface area contributed by atoms with Gasteiger partial charge in [-0.2, -0.15) is 0 Å². The first-order valence-corrected chi connectivity index (χ1v) is 8.16. The van der Waals surface area contributed by atoms with Crippen LogP contribution in [0.5, 0.6) is 0 Å². The van der Waals surface area contributed by atoms with E-state index in [1.54, 1.807) is 7.11 Å². The van der Waals surface area contributed by atoms with Gasteiger partial charge < -0.3 is 9.84 Å². The predicted octanol–water partition coefficient (Wildman–Crippen LogP) is 3.48. The molecule has 0 amide bonds. The van der Waals surface area contributed by atoms with Gasteiger partial charge in [0, 0.05) is 7.11 Å². The van der Waals surface area contributed by atoms with E-state index in [9.17, 15) is 5.11 Å². The molecule has 3 saturated carbocycles. The van der Waals surface area contributed by atoms with Crippen molar-refractivity contribution in [1.82, 2.24) is 0 Å². The van der Waals surface area contributed by atoms with E-state index in [0.717, 1.165) is 42.4 Å². The Bertz CT molecular complexity index is 334. The number of aliphatic hydroxyl groups excluding tert-OH is 1. The SMILES string of the molecule is COC1CCC(C2CC3CC2C(C)C3(C)C)CC1O. The van der Waals surface area contributed by atoms with E-state index in [0.29, 0.717) is 5.41 Å². The Labute approximate surface area is 117 Å². The molecule has 3 aliphatic rings. The minimum absolute atomic E-state index is 0.0868. The van der Waals surface area contributed by atoms with Gasteiger partial charge in [-0.25, -0.2) is 0 Å². The zero-order chi connectivity index (χ0) is 13.8. The largest absolute Gasteiger partial charge is 0.390 e. The molecular formula is C17H30O2. The summed E-state index contributed by atoms with van der Waals surface area (Å²) in [6.07, 6.45) is 6.00. The van der Waals surface area contributed by atoms with Gasteiger partial charge in [0.1, 0.15) is 0 Å². The zero-order valence-corrected chi connectivity index (χ0v) is 12.9. The van der Waals surface area contributed by atoms with Crippen LogP contribution in [0.1, 0.15) is 52.9 Å². The molecule has 3 fully saturated rings. The molecule has 1 N–H and O–H groups in total. The minimum Gasteiger partial charge on any atom is -0.390 e. The second-order valence-corrected chi connectivity index (χ2v) is 8.02. The summed E-state index contributed by atoms with van der Waals surface area (Å²) in [6, 6.07) is 0. The highest BCUT2D eigenvalue weighted by Gasteiger charge is 2.56. The second-order valence-electron chi connectivity index (χ2n) is 8.02. The number of methoxy groups -OCH3 is 1. The number of ether oxygens (including phenoxy) is 1. The molecule has 0 radical (unpaired) electrons. The maximum absolute atomic E-state index is 10.2. The molecule has 2 nitrogen and oxygen atoms in total. The summed E-state index contributed by atoms with van der Waals surface area (Å²) in [5.41, 5.74) is 0.545. The summed E-state index contributed by atoms with van der Waals surface area (Å²) in [5.74, 6) is 4.31. The molecule has 0 aliphatic heterocycles. The Morgan fingerprint density at radius 3 is 2.26 bits per heavy atom. The van der Waals surface area contributed by atoms with Gasteiger partial charge in [0.2, 0.25) is 0 Å². The van der Waals surface area contributed by atoms with Gasteiger partial charge in [0.25, 0.3) is 0 Å². The van der Waals surface area contributed by atoms with E-state index in [1.165, 1.54) is 19.3 Å². The molecule has 0 saturated heterocycles. The fourth-order valence-electron chi connectivity index (χ4n) is 5.57. The molecule has 0 aromatic rings. The molecule has 19 heavy (non-hydrogen) atoms. The van der Waals surface area contributed by atoms with E-state index < -0.39 is 0 Å². The molecule has 3 rings (SSSR count). The Balaban J connectivity index is 1.67. The van der Waals surface area contributed by atoms with Crippen LogP contribution in [0.3, 0.4) is 0 Å². The highest BCUT2D eigenvalue weighted by molar-refractivity contribution is 5.05. The molecule has 2 bridgehead atoms. The Morgan fingerprint density at radius 2 is 1.74 bits per heavy atom. The first-order chi connectivity index (χ1) is 8.95. The number of fused-ring (bicyclic) bond motifs is 2. The average molecular weight is 266 g/mol. The Hall–Kier alpha value is -0.0800. The Morgan fingerprint density at radius 1 is 1.05 bits per heavy atom. The van der Waals surface area contributed by atoms with E-state index in [4.69, 9.17) is 4.74 Å². The fourth-order valence-corrected chi connectivity index (χ4v) is 5.57. The molecule has 110 valence electrons. The van der Waals surface area contributed by atoms with Gasteiger partial charge in [-0.15, -0.1) is 0 Å². The van der Waals surface area contributed by atoms with Crippen molar-refractivity contribution < 1.29 is 9.84 Å². The van der Waals surface area contributed by atoms with E-state index in [2.05, 4.69) is 20.8 Å². The lowest BCUT2D eigenvalue weighted by atomic mass is 9.61. The lowest BCUT2D eigenvalue weighted by Crippen LogP contribution is -2.41. The minimum atomic E-state index is -0.230. The van der Waals surface area contributed by atoms with Crippen LogP contribution in [-0.2, 0) is 4.74 Å². The summed E-state index contributed by atoms with van der Waals surface area (Å²) >= 11 is 0. The zero-order valence-electron chi connectivity index (χ0n) is 12.9. The van der Waals surface area contributed by atoms with Crippen LogP contribution >= 0.6 is 0 Å². The lowest BCUT2D eigenvalue weighted by molar-refractivity contribution is -0.0663.